The van der Waals surface area contributed by atoms with Crippen LogP contribution in [0.4, 0.5) is 0 Å². The summed E-state index contributed by atoms with van der Waals surface area (Å²) in [5, 5.41) is 7.13. The summed E-state index contributed by atoms with van der Waals surface area (Å²) in [5.74, 6) is 1.85. The molecule has 0 radical (unpaired) electrons. The van der Waals surface area contributed by atoms with E-state index in [1.807, 2.05) is 30.3 Å². The van der Waals surface area contributed by atoms with Crippen LogP contribution in [0.2, 0.25) is 0 Å². The van der Waals surface area contributed by atoms with Gasteiger partial charge in [-0.25, -0.2) is 4.99 Å². The molecule has 1 aromatic carbocycles. The standard InChI is InChI=1S/C22H36N4O/c1-4-20(27-21-12-7-6-8-13-21)16-24-22(23-5-2)25-17-14-18-10-9-11-19(15-17)26(18)3/h6-8,12-13,17-20H,4-5,9-11,14-16H2,1-3H3,(H2,23,24,25). The molecule has 3 unspecified atom stereocenters. The normalized spacial score (nSPS) is 27.1. The minimum atomic E-state index is 0.0970. The van der Waals surface area contributed by atoms with Crippen molar-refractivity contribution >= 4 is 5.96 Å². The second kappa shape index (κ2) is 9.98. The van der Waals surface area contributed by atoms with Crippen LogP contribution < -0.4 is 15.4 Å². The fourth-order valence-corrected chi connectivity index (χ4v) is 4.38. The molecule has 3 atom stereocenters. The fraction of sp³-hybridized carbons (Fsp3) is 0.682. The SMILES string of the molecule is CCNC(=NCC(CC)Oc1ccccc1)NC1CC2CCCC(C1)N2C. The first-order chi connectivity index (χ1) is 13.2. The van der Waals surface area contributed by atoms with Gasteiger partial charge in [0, 0.05) is 24.7 Å². The van der Waals surface area contributed by atoms with Crippen LogP contribution in [0.25, 0.3) is 0 Å². The Labute approximate surface area is 164 Å². The van der Waals surface area contributed by atoms with Crippen molar-refractivity contribution in [1.29, 1.82) is 0 Å². The quantitative estimate of drug-likeness (QED) is 0.569. The number of nitrogens with zero attached hydrogens (tertiary/aromatic N) is 2. The molecule has 27 heavy (non-hydrogen) atoms. The zero-order valence-electron chi connectivity index (χ0n) is 17.2. The van der Waals surface area contributed by atoms with E-state index in [1.54, 1.807) is 0 Å². The Morgan fingerprint density at radius 3 is 2.52 bits per heavy atom. The highest BCUT2D eigenvalue weighted by molar-refractivity contribution is 5.80. The van der Waals surface area contributed by atoms with Crippen LogP contribution in [-0.4, -0.2) is 55.2 Å². The molecule has 2 N–H and O–H groups in total. The molecular formula is C22H36N4O. The van der Waals surface area contributed by atoms with E-state index < -0.39 is 0 Å². The van der Waals surface area contributed by atoms with Crippen LogP contribution in [0, 0.1) is 0 Å². The van der Waals surface area contributed by atoms with Crippen molar-refractivity contribution in [2.75, 3.05) is 20.1 Å². The molecule has 2 aliphatic heterocycles. The highest BCUT2D eigenvalue weighted by atomic mass is 16.5. The van der Waals surface area contributed by atoms with E-state index in [4.69, 9.17) is 9.73 Å². The number of fused-ring (bicyclic) bond motifs is 2. The Balaban J connectivity index is 1.57. The van der Waals surface area contributed by atoms with Gasteiger partial charge in [-0.05, 0) is 58.2 Å². The third kappa shape index (κ3) is 5.61. The lowest BCUT2D eigenvalue weighted by molar-refractivity contribution is 0.0526. The highest BCUT2D eigenvalue weighted by Gasteiger charge is 2.36. The van der Waals surface area contributed by atoms with Crippen molar-refractivity contribution < 1.29 is 4.74 Å². The van der Waals surface area contributed by atoms with E-state index in [2.05, 4.69) is 36.4 Å². The molecule has 3 rings (SSSR count). The van der Waals surface area contributed by atoms with Gasteiger partial charge < -0.3 is 20.3 Å². The molecule has 150 valence electrons. The molecule has 0 spiro atoms. The first-order valence-electron chi connectivity index (χ1n) is 10.7. The van der Waals surface area contributed by atoms with Crippen molar-refractivity contribution in [2.24, 2.45) is 4.99 Å². The average Bonchev–Trinajstić information content (AvgIpc) is 2.66. The second-order valence-electron chi connectivity index (χ2n) is 7.90. The van der Waals surface area contributed by atoms with Crippen LogP contribution in [0.1, 0.15) is 52.4 Å². The Morgan fingerprint density at radius 2 is 1.89 bits per heavy atom. The van der Waals surface area contributed by atoms with Crippen LogP contribution in [-0.2, 0) is 0 Å². The van der Waals surface area contributed by atoms with E-state index in [0.29, 0.717) is 12.6 Å². The summed E-state index contributed by atoms with van der Waals surface area (Å²) in [7, 11) is 2.30. The lowest BCUT2D eigenvalue weighted by atomic mass is 9.82. The minimum Gasteiger partial charge on any atom is -0.489 e. The van der Waals surface area contributed by atoms with Gasteiger partial charge in [-0.1, -0.05) is 31.5 Å². The summed E-state index contributed by atoms with van der Waals surface area (Å²) in [5.41, 5.74) is 0. The average molecular weight is 373 g/mol. The van der Waals surface area contributed by atoms with Gasteiger partial charge in [0.15, 0.2) is 5.96 Å². The highest BCUT2D eigenvalue weighted by Crippen LogP contribution is 2.32. The third-order valence-electron chi connectivity index (χ3n) is 5.98. The van der Waals surface area contributed by atoms with E-state index in [-0.39, 0.29) is 6.10 Å². The summed E-state index contributed by atoms with van der Waals surface area (Å²) in [6.07, 6.45) is 7.53. The number of nitrogens with one attached hydrogen (secondary N) is 2. The number of para-hydroxylation sites is 1. The molecule has 5 heteroatoms. The number of benzene rings is 1. The Bertz CT molecular complexity index is 577. The van der Waals surface area contributed by atoms with Gasteiger partial charge in [-0.15, -0.1) is 0 Å². The first kappa shape index (κ1) is 20.0. The summed E-state index contributed by atoms with van der Waals surface area (Å²) in [6, 6.07) is 12.0. The summed E-state index contributed by atoms with van der Waals surface area (Å²) in [6.45, 7) is 5.82. The molecule has 2 aliphatic rings. The van der Waals surface area contributed by atoms with Gasteiger partial charge in [0.25, 0.3) is 0 Å². The zero-order chi connectivity index (χ0) is 19.1. The number of guanidine groups is 1. The number of piperidine rings is 2. The van der Waals surface area contributed by atoms with Crippen molar-refractivity contribution in [3.05, 3.63) is 30.3 Å². The topological polar surface area (TPSA) is 48.9 Å². The Kier molecular flexibility index (Phi) is 7.39. The van der Waals surface area contributed by atoms with Crippen LogP contribution in [0.5, 0.6) is 5.75 Å². The van der Waals surface area contributed by atoms with E-state index in [1.165, 1.54) is 32.1 Å². The molecule has 5 nitrogen and oxygen atoms in total. The molecule has 2 saturated heterocycles. The monoisotopic (exact) mass is 372 g/mol. The fourth-order valence-electron chi connectivity index (χ4n) is 4.38. The number of hydrogen-bond acceptors (Lipinski definition) is 3. The minimum absolute atomic E-state index is 0.0970. The number of rotatable bonds is 7. The van der Waals surface area contributed by atoms with Crippen LogP contribution in [0.3, 0.4) is 0 Å². The maximum absolute atomic E-state index is 6.09. The van der Waals surface area contributed by atoms with E-state index in [9.17, 15) is 0 Å². The molecule has 2 fully saturated rings. The summed E-state index contributed by atoms with van der Waals surface area (Å²) < 4.78 is 6.09. The second-order valence-corrected chi connectivity index (χ2v) is 7.90. The zero-order valence-corrected chi connectivity index (χ0v) is 17.2. The summed E-state index contributed by atoms with van der Waals surface area (Å²) in [4.78, 5) is 7.45. The first-order valence-corrected chi connectivity index (χ1v) is 10.7. The molecule has 2 bridgehead atoms. The van der Waals surface area contributed by atoms with Crippen molar-refractivity contribution in [2.45, 2.75) is 76.6 Å². The lowest BCUT2D eigenvalue weighted by Gasteiger charge is -2.47. The van der Waals surface area contributed by atoms with Crippen molar-refractivity contribution in [3.63, 3.8) is 0 Å². The van der Waals surface area contributed by atoms with Gasteiger partial charge in [-0.3, -0.25) is 0 Å². The number of hydrogen-bond donors (Lipinski definition) is 2. The number of aliphatic imine (C=N–C) groups is 1. The molecular weight excluding hydrogens is 336 g/mol. The molecule has 0 aliphatic carbocycles. The smallest absolute Gasteiger partial charge is 0.191 e. The maximum atomic E-state index is 6.09. The van der Waals surface area contributed by atoms with Gasteiger partial charge in [-0.2, -0.15) is 0 Å². The number of ether oxygens (including phenoxy) is 1. The predicted molar refractivity (Wildman–Crippen MR) is 112 cm³/mol. The van der Waals surface area contributed by atoms with E-state index >= 15 is 0 Å². The maximum Gasteiger partial charge on any atom is 0.191 e. The van der Waals surface area contributed by atoms with Crippen molar-refractivity contribution in [3.8, 4) is 5.75 Å². The molecule has 0 amide bonds. The Hall–Kier alpha value is -1.75. The van der Waals surface area contributed by atoms with Gasteiger partial charge in [0.1, 0.15) is 11.9 Å². The molecule has 0 aromatic heterocycles. The van der Waals surface area contributed by atoms with Gasteiger partial charge in [0.05, 0.1) is 6.54 Å². The van der Waals surface area contributed by atoms with Gasteiger partial charge in [0.2, 0.25) is 0 Å². The summed E-state index contributed by atoms with van der Waals surface area (Å²) >= 11 is 0. The lowest BCUT2D eigenvalue weighted by Crippen LogP contribution is -2.56. The Morgan fingerprint density at radius 1 is 1.19 bits per heavy atom. The van der Waals surface area contributed by atoms with Gasteiger partial charge >= 0.3 is 0 Å². The van der Waals surface area contributed by atoms with E-state index in [0.717, 1.165) is 36.8 Å². The third-order valence-corrected chi connectivity index (χ3v) is 5.98. The largest absolute Gasteiger partial charge is 0.489 e. The predicted octanol–water partition coefficient (Wildman–Crippen LogP) is 3.41. The van der Waals surface area contributed by atoms with Crippen molar-refractivity contribution in [1.82, 2.24) is 15.5 Å². The molecule has 2 heterocycles. The van der Waals surface area contributed by atoms with Crippen LogP contribution >= 0.6 is 0 Å². The van der Waals surface area contributed by atoms with Crippen LogP contribution in [0.15, 0.2) is 35.3 Å². The molecule has 1 aromatic rings. The molecule has 0 saturated carbocycles.